The molecule has 0 saturated heterocycles. The average Bonchev–Trinajstić information content (AvgIpc) is 2.90. The van der Waals surface area contributed by atoms with Crippen molar-refractivity contribution in [3.63, 3.8) is 0 Å². The fourth-order valence-corrected chi connectivity index (χ4v) is 4.32. The fourth-order valence-electron chi connectivity index (χ4n) is 4.11. The molecule has 1 atom stereocenters. The summed E-state index contributed by atoms with van der Waals surface area (Å²) in [6.07, 6.45) is 0.261. The summed E-state index contributed by atoms with van der Waals surface area (Å²) in [6.45, 7) is 0.236. The van der Waals surface area contributed by atoms with Crippen molar-refractivity contribution >= 4 is 23.4 Å². The third kappa shape index (κ3) is 6.45. The van der Waals surface area contributed by atoms with Gasteiger partial charge in [-0.2, -0.15) is 10.2 Å². The molecule has 0 N–H and O–H groups in total. The van der Waals surface area contributed by atoms with Crippen molar-refractivity contribution in [1.82, 2.24) is 10.2 Å². The van der Waals surface area contributed by atoms with Crippen molar-refractivity contribution in [1.29, 1.82) is 0 Å². The number of fused-ring (bicyclic) bond motifs is 1. The number of aliphatic carboxylic acids is 1. The summed E-state index contributed by atoms with van der Waals surface area (Å²) >= 11 is 6.32. The zero-order valence-electron chi connectivity index (χ0n) is 20.6. The Morgan fingerprint density at radius 1 is 1.03 bits per heavy atom. The van der Waals surface area contributed by atoms with Crippen LogP contribution in [-0.4, -0.2) is 28.6 Å². The summed E-state index contributed by atoms with van der Waals surface area (Å²) < 4.78 is 38.5. The van der Waals surface area contributed by atoms with Crippen LogP contribution in [0.25, 0.3) is 11.3 Å². The molecule has 0 amide bonds. The number of aromatic nitrogens is 2. The molecular weight excluding hydrogens is 541 g/mol. The summed E-state index contributed by atoms with van der Waals surface area (Å²) in [4.78, 5) is 24.1. The molecule has 0 saturated carbocycles. The number of rotatable bonds is 7. The molecule has 11 heteroatoms. The minimum Gasteiger partial charge on any atom is -0.549 e. The van der Waals surface area contributed by atoms with Crippen LogP contribution >= 0.6 is 11.6 Å². The molecule has 0 spiro atoms. The Balaban J connectivity index is 0.00000353. The molecule has 0 fully saturated rings. The number of benzene rings is 3. The van der Waals surface area contributed by atoms with E-state index in [9.17, 15) is 23.5 Å². The molecule has 0 aliphatic carbocycles. The predicted molar refractivity (Wildman–Crippen MR) is 131 cm³/mol. The van der Waals surface area contributed by atoms with Crippen LogP contribution in [0.2, 0.25) is 5.02 Å². The van der Waals surface area contributed by atoms with E-state index in [4.69, 9.17) is 21.1 Å². The van der Waals surface area contributed by atoms with E-state index in [1.807, 2.05) is 0 Å². The van der Waals surface area contributed by atoms with Gasteiger partial charge in [-0.25, -0.2) is 8.78 Å². The van der Waals surface area contributed by atoms with Crippen LogP contribution in [0.4, 0.5) is 8.78 Å². The van der Waals surface area contributed by atoms with Crippen LogP contribution in [-0.2, 0) is 11.2 Å². The Kier molecular flexibility index (Phi) is 8.97. The van der Waals surface area contributed by atoms with E-state index in [1.165, 1.54) is 24.3 Å². The summed E-state index contributed by atoms with van der Waals surface area (Å²) in [5.41, 5.74) is 1.56. The average molecular weight is 559 g/mol. The van der Waals surface area contributed by atoms with Gasteiger partial charge in [0.2, 0.25) is 0 Å². The zero-order valence-corrected chi connectivity index (χ0v) is 23.4. The number of carboxylic acids is 1. The van der Waals surface area contributed by atoms with Gasteiger partial charge in [0.05, 0.1) is 29.4 Å². The fraction of sp³-hybridized carbons (Fsp3) is 0.143. The summed E-state index contributed by atoms with van der Waals surface area (Å²) in [5.74, 6) is -2.62. The molecule has 39 heavy (non-hydrogen) atoms. The zero-order chi connectivity index (χ0) is 26.8. The van der Waals surface area contributed by atoms with Crippen molar-refractivity contribution in [2.75, 3.05) is 6.61 Å². The third-order valence-corrected chi connectivity index (χ3v) is 6.36. The van der Waals surface area contributed by atoms with Gasteiger partial charge >= 0.3 is 29.6 Å². The Morgan fingerprint density at radius 2 is 1.79 bits per heavy atom. The van der Waals surface area contributed by atoms with Gasteiger partial charge in [-0.15, -0.1) is 0 Å². The van der Waals surface area contributed by atoms with E-state index in [1.54, 1.807) is 30.3 Å². The van der Waals surface area contributed by atoms with E-state index < -0.39 is 23.5 Å². The smallest absolute Gasteiger partial charge is 0.549 e. The SMILES string of the molecule is O=C(Cc1ccc(-c2ccc(F)cc2F)nn1)c1ccc(Oc2cc3c(cc2Cl)C(C(=O)[O-])CCO3)cc1.[Na+]. The summed E-state index contributed by atoms with van der Waals surface area (Å²) in [5, 5.41) is 19.6. The van der Waals surface area contributed by atoms with Crippen LogP contribution < -0.4 is 44.1 Å². The molecule has 4 aromatic rings. The molecule has 2 heterocycles. The molecule has 1 aromatic heterocycles. The van der Waals surface area contributed by atoms with E-state index >= 15 is 0 Å². The number of hydrogen-bond donors (Lipinski definition) is 0. The maximum atomic E-state index is 14.0. The number of ether oxygens (including phenoxy) is 2. The quantitative estimate of drug-likeness (QED) is 0.252. The number of ketones is 1. The maximum absolute atomic E-state index is 14.0. The van der Waals surface area contributed by atoms with Crippen molar-refractivity contribution < 1.29 is 62.5 Å². The number of carboxylic acid groups (broad SMARTS) is 1. The molecule has 5 rings (SSSR count). The van der Waals surface area contributed by atoms with Gasteiger partial charge in [-0.05, 0) is 61.0 Å². The van der Waals surface area contributed by atoms with Gasteiger partial charge in [0.1, 0.15) is 28.9 Å². The largest absolute Gasteiger partial charge is 1.00 e. The number of nitrogens with zero attached hydrogens (tertiary/aromatic N) is 2. The van der Waals surface area contributed by atoms with E-state index in [-0.39, 0.29) is 70.4 Å². The summed E-state index contributed by atoms with van der Waals surface area (Å²) in [6, 6.07) is 15.6. The molecular formula is C28H18ClF2N2NaO5. The first-order chi connectivity index (χ1) is 18.3. The standard InChI is InChI=1S/C28H19ClF2N2O5.Na/c29-22-13-21-19(28(35)36)9-10-37-26(21)14-27(22)38-18-5-1-15(2-6-18)25(34)12-17-4-8-24(33-32-17)20-7-3-16(30)11-23(20)31;/h1-8,11,13-14,19H,9-10,12H2,(H,35,36);/q;+1/p-1. The Labute approximate surface area is 249 Å². The number of halogens is 3. The minimum atomic E-state index is -1.19. The molecule has 3 aromatic carbocycles. The second-order valence-corrected chi connectivity index (χ2v) is 9.00. The molecule has 1 aliphatic rings. The predicted octanol–water partition coefficient (Wildman–Crippen LogP) is 1.91. The summed E-state index contributed by atoms with van der Waals surface area (Å²) in [7, 11) is 0. The Hall–Kier alpha value is -3.37. The normalized spacial score (nSPS) is 14.0. The number of carbonyl (C=O) groups excluding carboxylic acids is 2. The van der Waals surface area contributed by atoms with E-state index in [0.717, 1.165) is 12.1 Å². The monoisotopic (exact) mass is 558 g/mol. The molecule has 1 aliphatic heterocycles. The van der Waals surface area contributed by atoms with Gasteiger partial charge in [0.25, 0.3) is 0 Å². The molecule has 1 unspecified atom stereocenters. The van der Waals surface area contributed by atoms with Crippen LogP contribution in [0, 0.1) is 11.6 Å². The number of Topliss-reactive ketones (excluding diaryl/α,β-unsaturated/α-hetero) is 1. The second-order valence-electron chi connectivity index (χ2n) is 8.59. The van der Waals surface area contributed by atoms with Crippen molar-refractivity contribution in [3.05, 3.63) is 100 Å². The van der Waals surface area contributed by atoms with Gasteiger partial charge in [-0.3, -0.25) is 4.79 Å². The van der Waals surface area contributed by atoms with Crippen LogP contribution in [0.5, 0.6) is 17.2 Å². The van der Waals surface area contributed by atoms with Crippen molar-refractivity contribution in [2.45, 2.75) is 18.8 Å². The van der Waals surface area contributed by atoms with E-state index in [0.29, 0.717) is 34.7 Å². The first-order valence-electron chi connectivity index (χ1n) is 11.5. The maximum Gasteiger partial charge on any atom is 1.00 e. The van der Waals surface area contributed by atoms with Crippen molar-refractivity contribution in [2.24, 2.45) is 0 Å². The first kappa shape index (κ1) is 28.6. The molecule has 0 radical (unpaired) electrons. The van der Waals surface area contributed by atoms with Crippen LogP contribution in [0.1, 0.15) is 34.0 Å². The van der Waals surface area contributed by atoms with Gasteiger partial charge in [0.15, 0.2) is 5.78 Å². The topological polar surface area (TPSA) is 101 Å². The second kappa shape index (κ2) is 12.2. The minimum absolute atomic E-state index is 0. The molecule has 192 valence electrons. The third-order valence-electron chi connectivity index (χ3n) is 6.06. The van der Waals surface area contributed by atoms with Gasteiger partial charge in [-0.1, -0.05) is 11.6 Å². The number of hydrogen-bond acceptors (Lipinski definition) is 7. The molecule has 7 nitrogen and oxygen atoms in total. The first-order valence-corrected chi connectivity index (χ1v) is 11.9. The van der Waals surface area contributed by atoms with Crippen molar-refractivity contribution in [3.8, 4) is 28.5 Å². The van der Waals surface area contributed by atoms with E-state index in [2.05, 4.69) is 10.2 Å². The Bertz CT molecular complexity index is 1530. The van der Waals surface area contributed by atoms with Gasteiger partial charge < -0.3 is 19.4 Å². The number of carbonyl (C=O) groups is 2. The van der Waals surface area contributed by atoms with Crippen LogP contribution in [0.15, 0.2) is 66.7 Å². The van der Waals surface area contributed by atoms with Crippen LogP contribution in [0.3, 0.4) is 0 Å². The Morgan fingerprint density at radius 3 is 2.46 bits per heavy atom. The molecule has 0 bridgehead atoms. The van der Waals surface area contributed by atoms with Gasteiger partial charge in [0, 0.05) is 40.7 Å².